The summed E-state index contributed by atoms with van der Waals surface area (Å²) in [7, 11) is 0. The molecule has 0 saturated carbocycles. The first-order chi connectivity index (χ1) is 23.8. The topological polar surface area (TPSA) is 6.48 Å². The van der Waals surface area contributed by atoms with E-state index < -0.39 is 0 Å². The SMILES string of the molecule is c1ccc(-c2ccc(N(c3ccc(N(c4ccccc4)c4ccccc4)cc3)c3ccc4ccccc4c3-c3ccccc3)cc2)cc1. The highest BCUT2D eigenvalue weighted by molar-refractivity contribution is 6.05. The van der Waals surface area contributed by atoms with Crippen LogP contribution in [0.25, 0.3) is 33.0 Å². The van der Waals surface area contributed by atoms with Gasteiger partial charge in [0.2, 0.25) is 0 Å². The maximum Gasteiger partial charge on any atom is 0.0546 e. The van der Waals surface area contributed by atoms with Crippen LogP contribution in [0.15, 0.2) is 206 Å². The third-order valence-corrected chi connectivity index (χ3v) is 8.84. The van der Waals surface area contributed by atoms with Crippen molar-refractivity contribution in [3.63, 3.8) is 0 Å². The van der Waals surface area contributed by atoms with Crippen molar-refractivity contribution in [3.8, 4) is 22.3 Å². The molecular formula is C46H34N2. The lowest BCUT2D eigenvalue weighted by molar-refractivity contribution is 1.26. The molecule has 0 bridgehead atoms. The fourth-order valence-electron chi connectivity index (χ4n) is 6.57. The molecule has 0 radical (unpaired) electrons. The van der Waals surface area contributed by atoms with E-state index >= 15 is 0 Å². The fourth-order valence-corrected chi connectivity index (χ4v) is 6.57. The lowest BCUT2D eigenvalue weighted by Gasteiger charge is -2.30. The van der Waals surface area contributed by atoms with Crippen LogP contribution < -0.4 is 9.80 Å². The van der Waals surface area contributed by atoms with Crippen molar-refractivity contribution in [1.82, 2.24) is 0 Å². The zero-order chi connectivity index (χ0) is 32.1. The summed E-state index contributed by atoms with van der Waals surface area (Å²) in [4.78, 5) is 4.69. The predicted octanol–water partition coefficient (Wildman–Crippen LogP) is 13.1. The molecule has 8 aromatic carbocycles. The summed E-state index contributed by atoms with van der Waals surface area (Å²) in [6.07, 6.45) is 0. The Morgan fingerprint density at radius 3 is 1.21 bits per heavy atom. The molecule has 0 N–H and O–H groups in total. The van der Waals surface area contributed by atoms with Gasteiger partial charge in [0, 0.05) is 34.0 Å². The highest BCUT2D eigenvalue weighted by Crippen LogP contribution is 2.45. The van der Waals surface area contributed by atoms with Crippen LogP contribution >= 0.6 is 0 Å². The van der Waals surface area contributed by atoms with Crippen LogP contribution in [0.1, 0.15) is 0 Å². The molecule has 2 heteroatoms. The Bertz CT molecular complexity index is 2210. The van der Waals surface area contributed by atoms with Gasteiger partial charge < -0.3 is 9.80 Å². The molecule has 8 aromatic rings. The summed E-state index contributed by atoms with van der Waals surface area (Å²) in [6, 6.07) is 73.4. The molecular weight excluding hydrogens is 581 g/mol. The first-order valence-corrected chi connectivity index (χ1v) is 16.4. The van der Waals surface area contributed by atoms with Crippen molar-refractivity contribution in [3.05, 3.63) is 206 Å². The van der Waals surface area contributed by atoms with Crippen molar-refractivity contribution in [2.24, 2.45) is 0 Å². The Morgan fingerprint density at radius 2 is 0.646 bits per heavy atom. The van der Waals surface area contributed by atoms with E-state index in [-0.39, 0.29) is 0 Å². The minimum Gasteiger partial charge on any atom is -0.311 e. The quantitative estimate of drug-likeness (QED) is 0.168. The molecule has 0 aliphatic rings. The van der Waals surface area contributed by atoms with Gasteiger partial charge in [0.15, 0.2) is 0 Å². The Labute approximate surface area is 282 Å². The first-order valence-electron chi connectivity index (χ1n) is 16.4. The first kappa shape index (κ1) is 29.1. The molecule has 0 unspecified atom stereocenters. The van der Waals surface area contributed by atoms with Gasteiger partial charge in [-0.05, 0) is 94.2 Å². The van der Waals surface area contributed by atoms with E-state index in [0.29, 0.717) is 0 Å². The lowest BCUT2D eigenvalue weighted by Crippen LogP contribution is -2.13. The highest BCUT2D eigenvalue weighted by atomic mass is 15.2. The standard InChI is InChI=1S/C46H34N2/c1-5-15-35(16-6-1)36-25-28-42(29-26-36)48(45-34-27-37-17-13-14-24-44(37)46(45)38-18-7-2-8-19-38)43-32-30-41(31-33-43)47(39-20-9-3-10-21-39)40-22-11-4-12-23-40/h1-34H. The van der Waals surface area contributed by atoms with Crippen molar-refractivity contribution >= 4 is 44.9 Å². The normalized spacial score (nSPS) is 10.9. The number of rotatable bonds is 8. The number of hydrogen-bond acceptors (Lipinski definition) is 2. The number of anilines is 6. The summed E-state index contributed by atoms with van der Waals surface area (Å²) in [6.45, 7) is 0. The van der Waals surface area contributed by atoms with Crippen molar-refractivity contribution in [1.29, 1.82) is 0 Å². The summed E-state index contributed by atoms with van der Waals surface area (Å²) in [5.74, 6) is 0. The summed E-state index contributed by atoms with van der Waals surface area (Å²) >= 11 is 0. The second-order valence-corrected chi connectivity index (χ2v) is 11.8. The molecule has 0 atom stereocenters. The average Bonchev–Trinajstić information content (AvgIpc) is 3.17. The Morgan fingerprint density at radius 1 is 0.250 bits per heavy atom. The highest BCUT2D eigenvalue weighted by Gasteiger charge is 2.20. The van der Waals surface area contributed by atoms with Crippen LogP contribution in [0.5, 0.6) is 0 Å². The monoisotopic (exact) mass is 614 g/mol. The van der Waals surface area contributed by atoms with E-state index in [1.54, 1.807) is 0 Å². The average molecular weight is 615 g/mol. The van der Waals surface area contributed by atoms with Crippen LogP contribution in [0.3, 0.4) is 0 Å². The van der Waals surface area contributed by atoms with E-state index in [9.17, 15) is 0 Å². The van der Waals surface area contributed by atoms with Crippen LogP contribution in [0, 0.1) is 0 Å². The second kappa shape index (κ2) is 13.2. The smallest absolute Gasteiger partial charge is 0.0546 e. The molecule has 0 amide bonds. The molecule has 228 valence electrons. The van der Waals surface area contributed by atoms with E-state index in [4.69, 9.17) is 0 Å². The number of fused-ring (bicyclic) bond motifs is 1. The molecule has 0 heterocycles. The number of nitrogens with zero attached hydrogens (tertiary/aromatic N) is 2. The van der Waals surface area contributed by atoms with E-state index in [2.05, 4.69) is 216 Å². The van der Waals surface area contributed by atoms with Gasteiger partial charge in [0.05, 0.1) is 5.69 Å². The zero-order valence-corrected chi connectivity index (χ0v) is 26.5. The number of para-hydroxylation sites is 2. The Hall–Kier alpha value is -6.38. The molecule has 48 heavy (non-hydrogen) atoms. The minimum absolute atomic E-state index is 1.08. The van der Waals surface area contributed by atoms with Gasteiger partial charge in [-0.1, -0.05) is 140 Å². The molecule has 0 aromatic heterocycles. The Kier molecular flexibility index (Phi) is 7.96. The van der Waals surface area contributed by atoms with Gasteiger partial charge >= 0.3 is 0 Å². The molecule has 0 aliphatic heterocycles. The van der Waals surface area contributed by atoms with Crippen molar-refractivity contribution in [2.75, 3.05) is 9.80 Å². The molecule has 0 spiro atoms. The molecule has 0 fully saturated rings. The maximum absolute atomic E-state index is 2.39. The van der Waals surface area contributed by atoms with Crippen LogP contribution in [0.2, 0.25) is 0 Å². The van der Waals surface area contributed by atoms with Gasteiger partial charge in [-0.3, -0.25) is 0 Å². The van der Waals surface area contributed by atoms with Gasteiger partial charge in [0.1, 0.15) is 0 Å². The fraction of sp³-hybridized carbons (Fsp3) is 0. The lowest BCUT2D eigenvalue weighted by atomic mass is 9.95. The van der Waals surface area contributed by atoms with E-state index in [1.165, 1.54) is 33.0 Å². The van der Waals surface area contributed by atoms with Gasteiger partial charge in [-0.2, -0.15) is 0 Å². The molecule has 2 nitrogen and oxygen atoms in total. The Balaban J connectivity index is 1.30. The number of hydrogen-bond donors (Lipinski definition) is 0. The summed E-state index contributed by atoms with van der Waals surface area (Å²) in [5, 5.41) is 2.44. The summed E-state index contributed by atoms with van der Waals surface area (Å²) in [5.41, 5.74) is 11.4. The largest absolute Gasteiger partial charge is 0.311 e. The van der Waals surface area contributed by atoms with Crippen molar-refractivity contribution < 1.29 is 0 Å². The van der Waals surface area contributed by atoms with Crippen LogP contribution in [0.4, 0.5) is 34.1 Å². The van der Waals surface area contributed by atoms with Crippen LogP contribution in [-0.4, -0.2) is 0 Å². The van der Waals surface area contributed by atoms with E-state index in [0.717, 1.165) is 34.1 Å². The maximum atomic E-state index is 2.39. The molecule has 0 aliphatic carbocycles. The predicted molar refractivity (Wildman–Crippen MR) is 204 cm³/mol. The zero-order valence-electron chi connectivity index (χ0n) is 26.5. The van der Waals surface area contributed by atoms with Gasteiger partial charge in [0.25, 0.3) is 0 Å². The summed E-state index contributed by atoms with van der Waals surface area (Å²) < 4.78 is 0. The van der Waals surface area contributed by atoms with Gasteiger partial charge in [-0.15, -0.1) is 0 Å². The third kappa shape index (κ3) is 5.72. The van der Waals surface area contributed by atoms with Crippen molar-refractivity contribution in [2.45, 2.75) is 0 Å². The van der Waals surface area contributed by atoms with Crippen LogP contribution in [-0.2, 0) is 0 Å². The second-order valence-electron chi connectivity index (χ2n) is 11.8. The van der Waals surface area contributed by atoms with Gasteiger partial charge in [-0.25, -0.2) is 0 Å². The number of benzene rings is 8. The molecule has 0 saturated heterocycles. The minimum atomic E-state index is 1.08. The molecule has 8 rings (SSSR count). The van der Waals surface area contributed by atoms with E-state index in [1.807, 2.05) is 0 Å². The third-order valence-electron chi connectivity index (χ3n) is 8.84.